The molecule has 1 atom stereocenters. The molecule has 4 nitrogen and oxygen atoms in total. The van der Waals surface area contributed by atoms with Gasteiger partial charge in [-0.1, -0.05) is 24.3 Å². The predicted octanol–water partition coefficient (Wildman–Crippen LogP) is 3.23. The van der Waals surface area contributed by atoms with E-state index in [1.807, 2.05) is 12.1 Å². The Hall–Kier alpha value is -2.53. The van der Waals surface area contributed by atoms with Gasteiger partial charge in [0, 0.05) is 42.0 Å². The van der Waals surface area contributed by atoms with E-state index in [2.05, 4.69) is 39.5 Å². The Morgan fingerprint density at radius 2 is 1.79 bits per heavy atom. The van der Waals surface area contributed by atoms with E-state index in [1.165, 1.54) is 12.1 Å². The lowest BCUT2D eigenvalue weighted by molar-refractivity contribution is 0.497. The molecule has 0 spiro atoms. The minimum Gasteiger partial charge on any atom is -0.349 e. The number of aromatic nitrogens is 2. The number of hydrogen-bond acceptors (Lipinski definition) is 4. The first-order chi connectivity index (χ1) is 11.7. The molecule has 2 heterocycles. The molecule has 1 saturated heterocycles. The maximum atomic E-state index is 13.2. The number of nitrogens with one attached hydrogen (secondary N) is 1. The SMILES string of the molecule is CC1CNCCN1c1nnc(-c2ccc(F)cc2)c2ccccc12. The quantitative estimate of drug-likeness (QED) is 0.786. The fraction of sp³-hybridized carbons (Fsp3) is 0.263. The number of fused-ring (bicyclic) bond motifs is 1. The molecule has 0 bridgehead atoms. The zero-order chi connectivity index (χ0) is 16.5. The van der Waals surface area contributed by atoms with Crippen molar-refractivity contribution in [3.8, 4) is 11.3 Å². The van der Waals surface area contributed by atoms with Gasteiger partial charge >= 0.3 is 0 Å². The maximum Gasteiger partial charge on any atom is 0.159 e. The van der Waals surface area contributed by atoms with Crippen LogP contribution in [0.5, 0.6) is 0 Å². The molecule has 2 aromatic carbocycles. The topological polar surface area (TPSA) is 41.0 Å². The smallest absolute Gasteiger partial charge is 0.159 e. The summed E-state index contributed by atoms with van der Waals surface area (Å²) in [6.07, 6.45) is 0. The molecule has 3 aromatic rings. The zero-order valence-electron chi connectivity index (χ0n) is 13.5. The predicted molar refractivity (Wildman–Crippen MR) is 94.6 cm³/mol. The number of nitrogens with zero attached hydrogens (tertiary/aromatic N) is 3. The fourth-order valence-electron chi connectivity index (χ4n) is 3.28. The summed E-state index contributed by atoms with van der Waals surface area (Å²) in [5.74, 6) is 0.674. The van der Waals surface area contributed by atoms with E-state index < -0.39 is 0 Å². The first-order valence-corrected chi connectivity index (χ1v) is 8.23. The van der Waals surface area contributed by atoms with Crippen molar-refractivity contribution < 1.29 is 4.39 Å². The lowest BCUT2D eigenvalue weighted by Crippen LogP contribution is -2.50. The maximum absolute atomic E-state index is 13.2. The third kappa shape index (κ3) is 2.61. The third-order valence-electron chi connectivity index (χ3n) is 4.56. The van der Waals surface area contributed by atoms with Crippen LogP contribution in [0.4, 0.5) is 10.2 Å². The van der Waals surface area contributed by atoms with Gasteiger partial charge in [-0.25, -0.2) is 4.39 Å². The second kappa shape index (κ2) is 6.17. The van der Waals surface area contributed by atoms with Crippen LogP contribution in [0.2, 0.25) is 0 Å². The van der Waals surface area contributed by atoms with Crippen molar-refractivity contribution in [2.45, 2.75) is 13.0 Å². The van der Waals surface area contributed by atoms with Gasteiger partial charge in [0.1, 0.15) is 11.5 Å². The van der Waals surface area contributed by atoms with Crippen LogP contribution >= 0.6 is 0 Å². The summed E-state index contributed by atoms with van der Waals surface area (Å²) >= 11 is 0. The largest absolute Gasteiger partial charge is 0.349 e. The van der Waals surface area contributed by atoms with Crippen LogP contribution < -0.4 is 10.2 Å². The van der Waals surface area contributed by atoms with Gasteiger partial charge in [0.2, 0.25) is 0 Å². The van der Waals surface area contributed by atoms with E-state index in [-0.39, 0.29) is 5.82 Å². The van der Waals surface area contributed by atoms with Crippen molar-refractivity contribution >= 4 is 16.6 Å². The molecule has 0 amide bonds. The normalized spacial score (nSPS) is 18.1. The molecular weight excluding hydrogens is 303 g/mol. The number of piperazine rings is 1. The van der Waals surface area contributed by atoms with Gasteiger partial charge in [0.15, 0.2) is 5.82 Å². The Balaban J connectivity index is 1.87. The van der Waals surface area contributed by atoms with Gasteiger partial charge in [-0.05, 0) is 31.2 Å². The molecule has 0 aliphatic carbocycles. The van der Waals surface area contributed by atoms with E-state index in [1.54, 1.807) is 12.1 Å². The molecule has 122 valence electrons. The van der Waals surface area contributed by atoms with Gasteiger partial charge in [-0.15, -0.1) is 10.2 Å². The van der Waals surface area contributed by atoms with E-state index in [0.29, 0.717) is 6.04 Å². The number of hydrogen-bond donors (Lipinski definition) is 1. The molecule has 4 rings (SSSR count). The van der Waals surface area contributed by atoms with Crippen LogP contribution in [0.15, 0.2) is 48.5 Å². The molecule has 1 fully saturated rings. The van der Waals surface area contributed by atoms with Crippen LogP contribution in [-0.2, 0) is 0 Å². The summed E-state index contributed by atoms with van der Waals surface area (Å²) in [6.45, 7) is 4.99. The first kappa shape index (κ1) is 15.0. The van der Waals surface area contributed by atoms with E-state index in [4.69, 9.17) is 0 Å². The Bertz CT molecular complexity index is 863. The highest BCUT2D eigenvalue weighted by Crippen LogP contribution is 2.32. The molecule has 0 radical (unpaired) electrons. The highest BCUT2D eigenvalue weighted by molar-refractivity contribution is 6.00. The lowest BCUT2D eigenvalue weighted by atomic mass is 10.0. The van der Waals surface area contributed by atoms with Crippen LogP contribution in [0, 0.1) is 5.82 Å². The average Bonchev–Trinajstić information content (AvgIpc) is 2.62. The number of benzene rings is 2. The molecular formula is C19H19FN4. The highest BCUT2D eigenvalue weighted by atomic mass is 19.1. The van der Waals surface area contributed by atoms with Crippen molar-refractivity contribution in [3.05, 3.63) is 54.3 Å². The monoisotopic (exact) mass is 322 g/mol. The minimum atomic E-state index is -0.248. The Morgan fingerprint density at radius 3 is 2.54 bits per heavy atom. The van der Waals surface area contributed by atoms with Crippen LogP contribution in [0.3, 0.4) is 0 Å². The van der Waals surface area contributed by atoms with Crippen molar-refractivity contribution in [1.82, 2.24) is 15.5 Å². The van der Waals surface area contributed by atoms with Crippen LogP contribution in [0.25, 0.3) is 22.0 Å². The van der Waals surface area contributed by atoms with Gasteiger partial charge in [0.25, 0.3) is 0 Å². The van der Waals surface area contributed by atoms with Gasteiger partial charge < -0.3 is 10.2 Å². The molecule has 0 saturated carbocycles. The summed E-state index contributed by atoms with van der Waals surface area (Å²) in [6, 6.07) is 14.9. The van der Waals surface area contributed by atoms with Crippen molar-refractivity contribution in [1.29, 1.82) is 0 Å². The molecule has 1 aliphatic rings. The molecule has 1 unspecified atom stereocenters. The first-order valence-electron chi connectivity index (χ1n) is 8.23. The number of anilines is 1. The Kier molecular flexibility index (Phi) is 3.86. The van der Waals surface area contributed by atoms with Crippen molar-refractivity contribution in [2.24, 2.45) is 0 Å². The Labute approximate surface area is 140 Å². The van der Waals surface area contributed by atoms with Gasteiger partial charge in [0.05, 0.1) is 0 Å². The lowest BCUT2D eigenvalue weighted by Gasteiger charge is -2.35. The third-order valence-corrected chi connectivity index (χ3v) is 4.56. The molecule has 5 heteroatoms. The van der Waals surface area contributed by atoms with E-state index in [0.717, 1.165) is 47.5 Å². The molecule has 1 aromatic heterocycles. The van der Waals surface area contributed by atoms with E-state index in [9.17, 15) is 4.39 Å². The van der Waals surface area contributed by atoms with Crippen LogP contribution in [0.1, 0.15) is 6.92 Å². The average molecular weight is 322 g/mol. The summed E-state index contributed by atoms with van der Waals surface area (Å²) < 4.78 is 13.2. The second-order valence-corrected chi connectivity index (χ2v) is 6.17. The van der Waals surface area contributed by atoms with Crippen molar-refractivity contribution in [3.63, 3.8) is 0 Å². The summed E-state index contributed by atoms with van der Waals surface area (Å²) in [4.78, 5) is 2.31. The highest BCUT2D eigenvalue weighted by Gasteiger charge is 2.22. The summed E-state index contributed by atoms with van der Waals surface area (Å²) in [5.41, 5.74) is 1.66. The summed E-state index contributed by atoms with van der Waals surface area (Å²) in [7, 11) is 0. The van der Waals surface area contributed by atoms with Crippen LogP contribution in [-0.4, -0.2) is 35.9 Å². The number of halogens is 1. The van der Waals surface area contributed by atoms with Crippen molar-refractivity contribution in [2.75, 3.05) is 24.5 Å². The summed E-state index contributed by atoms with van der Waals surface area (Å²) in [5, 5.41) is 14.5. The van der Waals surface area contributed by atoms with E-state index >= 15 is 0 Å². The number of rotatable bonds is 2. The molecule has 1 N–H and O–H groups in total. The minimum absolute atomic E-state index is 0.248. The molecule has 24 heavy (non-hydrogen) atoms. The zero-order valence-corrected chi connectivity index (χ0v) is 13.5. The fourth-order valence-corrected chi connectivity index (χ4v) is 3.28. The van der Waals surface area contributed by atoms with Gasteiger partial charge in [-0.3, -0.25) is 0 Å². The standard InChI is InChI=1S/C19H19FN4/c1-13-12-21-10-11-24(13)19-17-5-3-2-4-16(17)18(22-23-19)14-6-8-15(20)9-7-14/h2-9,13,21H,10-12H2,1H3. The molecule has 1 aliphatic heterocycles. The second-order valence-electron chi connectivity index (χ2n) is 6.17. The van der Waals surface area contributed by atoms with Gasteiger partial charge in [-0.2, -0.15) is 0 Å². The Morgan fingerprint density at radius 1 is 1.04 bits per heavy atom.